The van der Waals surface area contributed by atoms with Gasteiger partial charge in [0.15, 0.2) is 5.82 Å². The van der Waals surface area contributed by atoms with Gasteiger partial charge in [-0.15, -0.1) is 0 Å². The number of aromatic nitrogens is 4. The van der Waals surface area contributed by atoms with Gasteiger partial charge < -0.3 is 10.3 Å². The summed E-state index contributed by atoms with van der Waals surface area (Å²) in [5.74, 6) is 0.545. The lowest BCUT2D eigenvalue weighted by Crippen LogP contribution is -2.22. The van der Waals surface area contributed by atoms with E-state index in [9.17, 15) is 4.79 Å². The number of nitrogens with two attached hydrogens (primary N) is 1. The molecule has 3 rings (SSSR count). The van der Waals surface area contributed by atoms with E-state index in [2.05, 4.69) is 9.97 Å². The van der Waals surface area contributed by atoms with E-state index in [1.54, 1.807) is 13.4 Å². The zero-order valence-electron chi connectivity index (χ0n) is 13.2. The third-order valence-corrected chi connectivity index (χ3v) is 3.78. The van der Waals surface area contributed by atoms with Gasteiger partial charge in [0.1, 0.15) is 5.69 Å². The van der Waals surface area contributed by atoms with Crippen LogP contribution in [0.3, 0.4) is 0 Å². The van der Waals surface area contributed by atoms with Gasteiger partial charge in [0.2, 0.25) is 0 Å². The molecule has 1 unspecified atom stereocenters. The SMILES string of the molecule is Cc1cc(C(C)N)c2nc(-c3cn(C)cn3)n(C)c(=O)c2c1. The minimum absolute atomic E-state index is 0.0868. The fraction of sp³-hybridized carbons (Fsp3) is 0.312. The van der Waals surface area contributed by atoms with Crippen molar-refractivity contribution in [2.45, 2.75) is 19.9 Å². The third-order valence-electron chi connectivity index (χ3n) is 3.78. The monoisotopic (exact) mass is 297 g/mol. The van der Waals surface area contributed by atoms with Crippen LogP contribution in [0.5, 0.6) is 0 Å². The molecule has 2 heterocycles. The molecule has 22 heavy (non-hydrogen) atoms. The highest BCUT2D eigenvalue weighted by Gasteiger charge is 2.16. The van der Waals surface area contributed by atoms with E-state index in [-0.39, 0.29) is 11.6 Å². The van der Waals surface area contributed by atoms with Crippen LogP contribution in [0.1, 0.15) is 24.1 Å². The Morgan fingerprint density at radius 3 is 2.59 bits per heavy atom. The van der Waals surface area contributed by atoms with Crippen molar-refractivity contribution in [3.05, 3.63) is 46.1 Å². The van der Waals surface area contributed by atoms with E-state index in [0.717, 1.165) is 11.1 Å². The molecule has 0 spiro atoms. The lowest BCUT2D eigenvalue weighted by Gasteiger charge is -2.13. The maximum absolute atomic E-state index is 12.7. The summed E-state index contributed by atoms with van der Waals surface area (Å²) < 4.78 is 3.36. The Balaban J connectivity index is 2.42. The van der Waals surface area contributed by atoms with Gasteiger partial charge in [-0.1, -0.05) is 6.07 Å². The minimum Gasteiger partial charge on any atom is -0.340 e. The molecular weight excluding hydrogens is 278 g/mol. The summed E-state index contributed by atoms with van der Waals surface area (Å²) in [4.78, 5) is 21.7. The van der Waals surface area contributed by atoms with Crippen molar-refractivity contribution in [3.63, 3.8) is 0 Å². The topological polar surface area (TPSA) is 78.7 Å². The molecule has 6 heteroatoms. The summed E-state index contributed by atoms with van der Waals surface area (Å²) in [5.41, 5.74) is 9.18. The fourth-order valence-electron chi connectivity index (χ4n) is 2.66. The largest absolute Gasteiger partial charge is 0.340 e. The number of fused-ring (bicyclic) bond motifs is 1. The maximum Gasteiger partial charge on any atom is 0.261 e. The van der Waals surface area contributed by atoms with Crippen molar-refractivity contribution in [2.24, 2.45) is 19.8 Å². The van der Waals surface area contributed by atoms with E-state index in [1.807, 2.05) is 43.8 Å². The first-order valence-corrected chi connectivity index (χ1v) is 7.13. The zero-order chi connectivity index (χ0) is 16.0. The Kier molecular flexibility index (Phi) is 3.33. The van der Waals surface area contributed by atoms with E-state index in [1.165, 1.54) is 4.57 Å². The normalized spacial score (nSPS) is 12.8. The maximum atomic E-state index is 12.7. The quantitative estimate of drug-likeness (QED) is 0.780. The molecule has 0 aliphatic heterocycles. The van der Waals surface area contributed by atoms with Crippen molar-refractivity contribution < 1.29 is 0 Å². The summed E-state index contributed by atoms with van der Waals surface area (Å²) in [5, 5.41) is 0.592. The Labute approximate surface area is 128 Å². The molecule has 2 aromatic heterocycles. The molecule has 0 fully saturated rings. The van der Waals surface area contributed by atoms with Crippen molar-refractivity contribution in [2.75, 3.05) is 0 Å². The second-order valence-corrected chi connectivity index (χ2v) is 5.76. The Bertz CT molecular complexity index is 920. The van der Waals surface area contributed by atoms with Gasteiger partial charge in [0.25, 0.3) is 5.56 Å². The van der Waals surface area contributed by atoms with Gasteiger partial charge >= 0.3 is 0 Å². The molecule has 1 aromatic carbocycles. The highest BCUT2D eigenvalue weighted by molar-refractivity contribution is 5.83. The molecule has 0 radical (unpaired) electrons. The summed E-state index contributed by atoms with van der Waals surface area (Å²) in [6.07, 6.45) is 3.53. The van der Waals surface area contributed by atoms with Crippen molar-refractivity contribution in [1.29, 1.82) is 0 Å². The number of aryl methyl sites for hydroxylation is 2. The smallest absolute Gasteiger partial charge is 0.261 e. The van der Waals surface area contributed by atoms with E-state index >= 15 is 0 Å². The van der Waals surface area contributed by atoms with Crippen LogP contribution in [0.2, 0.25) is 0 Å². The first-order chi connectivity index (χ1) is 10.4. The van der Waals surface area contributed by atoms with Gasteiger partial charge in [0, 0.05) is 26.3 Å². The van der Waals surface area contributed by atoms with Crippen LogP contribution < -0.4 is 11.3 Å². The van der Waals surface area contributed by atoms with Gasteiger partial charge in [-0.05, 0) is 31.0 Å². The van der Waals surface area contributed by atoms with Crippen LogP contribution >= 0.6 is 0 Å². The van der Waals surface area contributed by atoms with Crippen molar-refractivity contribution in [1.82, 2.24) is 19.1 Å². The molecule has 0 saturated heterocycles. The Morgan fingerprint density at radius 2 is 2.00 bits per heavy atom. The lowest BCUT2D eigenvalue weighted by molar-refractivity contribution is 0.813. The minimum atomic E-state index is -0.196. The first-order valence-electron chi connectivity index (χ1n) is 7.13. The summed E-state index contributed by atoms with van der Waals surface area (Å²) >= 11 is 0. The Hall–Kier alpha value is -2.47. The molecule has 114 valence electrons. The number of imidazole rings is 1. The fourth-order valence-corrected chi connectivity index (χ4v) is 2.66. The number of hydrogen-bond donors (Lipinski definition) is 1. The van der Waals surface area contributed by atoms with Gasteiger partial charge in [-0.3, -0.25) is 9.36 Å². The Morgan fingerprint density at radius 1 is 1.27 bits per heavy atom. The van der Waals surface area contributed by atoms with E-state index in [0.29, 0.717) is 22.4 Å². The number of benzene rings is 1. The summed E-state index contributed by atoms with van der Waals surface area (Å²) in [6.45, 7) is 3.85. The highest BCUT2D eigenvalue weighted by Crippen LogP contribution is 2.24. The second kappa shape index (κ2) is 5.06. The van der Waals surface area contributed by atoms with Crippen molar-refractivity contribution in [3.8, 4) is 11.5 Å². The van der Waals surface area contributed by atoms with Crippen LogP contribution in [0, 0.1) is 6.92 Å². The van der Waals surface area contributed by atoms with E-state index in [4.69, 9.17) is 5.73 Å². The van der Waals surface area contributed by atoms with Crippen molar-refractivity contribution >= 4 is 10.9 Å². The highest BCUT2D eigenvalue weighted by atomic mass is 16.1. The summed E-state index contributed by atoms with van der Waals surface area (Å²) in [6, 6.07) is 3.65. The molecule has 0 amide bonds. The third kappa shape index (κ3) is 2.21. The van der Waals surface area contributed by atoms with Gasteiger partial charge in [-0.2, -0.15) is 0 Å². The predicted octanol–water partition coefficient (Wildman–Crippen LogP) is 1.66. The molecule has 3 aromatic rings. The second-order valence-electron chi connectivity index (χ2n) is 5.76. The zero-order valence-corrected chi connectivity index (χ0v) is 13.2. The molecule has 6 nitrogen and oxygen atoms in total. The molecule has 1 atom stereocenters. The standard InChI is InChI=1S/C16H19N5O/c1-9-5-11(10(2)17)14-12(6-9)16(22)21(4)15(19-14)13-7-20(3)8-18-13/h5-8,10H,17H2,1-4H3. The molecule has 0 bridgehead atoms. The number of rotatable bonds is 2. The molecule has 0 saturated carbocycles. The molecule has 2 N–H and O–H groups in total. The number of nitrogens with zero attached hydrogens (tertiary/aromatic N) is 4. The predicted molar refractivity (Wildman–Crippen MR) is 86.5 cm³/mol. The van der Waals surface area contributed by atoms with Crippen LogP contribution in [0.4, 0.5) is 0 Å². The van der Waals surface area contributed by atoms with Crippen LogP contribution in [-0.4, -0.2) is 19.1 Å². The average Bonchev–Trinajstić information content (AvgIpc) is 2.88. The molecule has 0 aliphatic rings. The summed E-state index contributed by atoms with van der Waals surface area (Å²) in [7, 11) is 3.60. The van der Waals surface area contributed by atoms with Crippen LogP contribution in [0.25, 0.3) is 22.4 Å². The first kappa shape index (κ1) is 14.5. The van der Waals surface area contributed by atoms with Gasteiger partial charge in [0.05, 0.1) is 17.2 Å². The van der Waals surface area contributed by atoms with Crippen LogP contribution in [-0.2, 0) is 14.1 Å². The van der Waals surface area contributed by atoms with Gasteiger partial charge in [-0.25, -0.2) is 9.97 Å². The lowest BCUT2D eigenvalue weighted by atomic mass is 10.0. The molecular formula is C16H19N5O. The number of hydrogen-bond acceptors (Lipinski definition) is 4. The average molecular weight is 297 g/mol. The molecule has 0 aliphatic carbocycles. The van der Waals surface area contributed by atoms with E-state index < -0.39 is 0 Å². The van der Waals surface area contributed by atoms with Crippen LogP contribution in [0.15, 0.2) is 29.5 Å².